The maximum absolute atomic E-state index is 6.44. The third-order valence-corrected chi connectivity index (χ3v) is 6.00. The Balaban J connectivity index is 2.34. The summed E-state index contributed by atoms with van der Waals surface area (Å²) in [6.45, 7) is 10.8. The van der Waals surface area contributed by atoms with Crippen LogP contribution in [-0.4, -0.2) is 12.2 Å². The van der Waals surface area contributed by atoms with Crippen LogP contribution in [0.15, 0.2) is 12.1 Å². The minimum Gasteiger partial charge on any atom is -0.375 e. The predicted molar refractivity (Wildman–Crippen MR) is 85.3 cm³/mol. The van der Waals surface area contributed by atoms with Gasteiger partial charge in [-0.1, -0.05) is 40.5 Å². The Morgan fingerprint density at radius 2 is 1.68 bits per heavy atom. The van der Waals surface area contributed by atoms with Crippen LogP contribution >= 0.6 is 27.5 Å². The molecule has 5 atom stereocenters. The van der Waals surface area contributed by atoms with Crippen molar-refractivity contribution < 1.29 is 4.74 Å². The molecule has 0 radical (unpaired) electrons. The fraction of sp³-hybridized carbons (Fsp3) is 0.625. The molecule has 1 aromatic rings. The van der Waals surface area contributed by atoms with Crippen molar-refractivity contribution in [2.24, 2.45) is 11.8 Å². The molecule has 0 aromatic heterocycles. The van der Waals surface area contributed by atoms with Gasteiger partial charge in [0.1, 0.15) is 0 Å². The molecule has 1 aromatic carbocycles. The average molecular weight is 346 g/mol. The summed E-state index contributed by atoms with van der Waals surface area (Å²) >= 11 is 10.3. The zero-order chi connectivity index (χ0) is 14.3. The number of benzene rings is 1. The lowest BCUT2D eigenvalue weighted by Gasteiger charge is -2.26. The Bertz CT molecular complexity index is 474. The molecule has 106 valence electrons. The van der Waals surface area contributed by atoms with E-state index in [1.165, 1.54) is 16.7 Å². The van der Waals surface area contributed by atoms with Gasteiger partial charge in [0.05, 0.1) is 12.2 Å². The van der Waals surface area contributed by atoms with Crippen molar-refractivity contribution in [3.63, 3.8) is 0 Å². The van der Waals surface area contributed by atoms with E-state index in [2.05, 4.69) is 62.7 Å². The zero-order valence-corrected chi connectivity index (χ0v) is 14.5. The van der Waals surface area contributed by atoms with Crippen molar-refractivity contribution in [3.8, 4) is 0 Å². The van der Waals surface area contributed by atoms with Crippen molar-refractivity contribution in [2.75, 3.05) is 0 Å². The van der Waals surface area contributed by atoms with Crippen molar-refractivity contribution in [1.82, 2.24) is 0 Å². The normalized spacial score (nSPS) is 32.6. The van der Waals surface area contributed by atoms with Gasteiger partial charge in [-0.2, -0.15) is 0 Å². The van der Waals surface area contributed by atoms with E-state index in [1.807, 2.05) is 0 Å². The lowest BCUT2D eigenvalue weighted by Crippen LogP contribution is -2.22. The number of ether oxygens (including phenoxy) is 1. The second kappa shape index (κ2) is 5.75. The average Bonchev–Trinajstić information content (AvgIpc) is 2.57. The Morgan fingerprint density at radius 3 is 2.21 bits per heavy atom. The van der Waals surface area contributed by atoms with E-state index in [4.69, 9.17) is 16.3 Å². The molecule has 1 aliphatic rings. The summed E-state index contributed by atoms with van der Waals surface area (Å²) in [7, 11) is 0. The number of aryl methyl sites for hydroxylation is 2. The van der Waals surface area contributed by atoms with Crippen LogP contribution in [0.3, 0.4) is 0 Å². The predicted octanol–water partition coefficient (Wildman–Crippen LogP) is 5.45. The Morgan fingerprint density at radius 1 is 1.11 bits per heavy atom. The van der Waals surface area contributed by atoms with E-state index < -0.39 is 0 Å². The third-order valence-electron chi connectivity index (χ3n) is 4.57. The largest absolute Gasteiger partial charge is 0.375 e. The maximum Gasteiger partial charge on any atom is 0.0596 e. The van der Waals surface area contributed by atoms with Crippen molar-refractivity contribution in [2.45, 2.75) is 51.7 Å². The first-order valence-corrected chi connectivity index (χ1v) is 8.18. The Labute approximate surface area is 129 Å². The van der Waals surface area contributed by atoms with Gasteiger partial charge in [0.15, 0.2) is 0 Å². The molecule has 1 heterocycles. The highest BCUT2D eigenvalue weighted by Crippen LogP contribution is 2.46. The summed E-state index contributed by atoms with van der Waals surface area (Å²) in [5, 5.41) is 0.851. The smallest absolute Gasteiger partial charge is 0.0596 e. The van der Waals surface area contributed by atoms with Gasteiger partial charge >= 0.3 is 0 Å². The highest BCUT2D eigenvalue weighted by atomic mass is 79.9. The Hall–Kier alpha value is -0.0500. The number of alkyl halides is 1. The summed E-state index contributed by atoms with van der Waals surface area (Å²) < 4.78 is 5.95. The first-order valence-electron chi connectivity index (χ1n) is 6.89. The van der Waals surface area contributed by atoms with E-state index in [1.54, 1.807) is 0 Å². The molecule has 5 unspecified atom stereocenters. The molecule has 0 aliphatic carbocycles. The van der Waals surface area contributed by atoms with Crippen molar-refractivity contribution in [1.29, 1.82) is 0 Å². The van der Waals surface area contributed by atoms with Gasteiger partial charge in [-0.15, -0.1) is 0 Å². The van der Waals surface area contributed by atoms with Crippen LogP contribution in [0.4, 0.5) is 0 Å². The Kier molecular flexibility index (Phi) is 4.64. The molecule has 19 heavy (non-hydrogen) atoms. The first-order chi connectivity index (χ1) is 8.82. The van der Waals surface area contributed by atoms with Crippen molar-refractivity contribution >= 4 is 27.5 Å². The van der Waals surface area contributed by atoms with Gasteiger partial charge < -0.3 is 4.74 Å². The van der Waals surface area contributed by atoms with Gasteiger partial charge in [-0.3, -0.25) is 0 Å². The number of halogens is 2. The molecule has 1 nitrogen and oxygen atoms in total. The van der Waals surface area contributed by atoms with Crippen LogP contribution in [0.2, 0.25) is 5.02 Å². The van der Waals surface area contributed by atoms with Crippen LogP contribution in [0.5, 0.6) is 0 Å². The minimum absolute atomic E-state index is 0.245. The van der Waals surface area contributed by atoms with Gasteiger partial charge in [0, 0.05) is 15.8 Å². The van der Waals surface area contributed by atoms with Crippen LogP contribution in [-0.2, 0) is 4.74 Å². The van der Waals surface area contributed by atoms with Gasteiger partial charge in [0.25, 0.3) is 0 Å². The van der Waals surface area contributed by atoms with Crippen LogP contribution in [0.1, 0.15) is 42.3 Å². The van der Waals surface area contributed by atoms with Gasteiger partial charge in [-0.05, 0) is 56.4 Å². The summed E-state index contributed by atoms with van der Waals surface area (Å²) in [4.78, 5) is 0.245. The molecular formula is C16H22BrClO. The number of hydrogen-bond donors (Lipinski definition) is 0. The molecule has 0 spiro atoms. The highest BCUT2D eigenvalue weighted by molar-refractivity contribution is 9.09. The SMILES string of the molecule is Cc1cc(Cl)c(C(Br)C2C(C)OC(C)C2C)cc1C. The topological polar surface area (TPSA) is 9.23 Å². The molecule has 1 saturated heterocycles. The lowest BCUT2D eigenvalue weighted by molar-refractivity contribution is 0.0511. The first kappa shape index (κ1) is 15.3. The minimum atomic E-state index is 0.245. The van der Waals surface area contributed by atoms with E-state index in [0.29, 0.717) is 17.9 Å². The molecule has 0 amide bonds. The third kappa shape index (κ3) is 2.86. The number of rotatable bonds is 2. The molecule has 0 bridgehead atoms. The summed E-state index contributed by atoms with van der Waals surface area (Å²) in [5.74, 6) is 0.978. The molecule has 1 aliphatic heterocycles. The van der Waals surface area contributed by atoms with E-state index in [9.17, 15) is 0 Å². The van der Waals surface area contributed by atoms with Crippen LogP contribution in [0.25, 0.3) is 0 Å². The van der Waals surface area contributed by atoms with Crippen LogP contribution in [0, 0.1) is 25.7 Å². The highest BCUT2D eigenvalue weighted by Gasteiger charge is 2.41. The molecule has 1 fully saturated rings. The molecule has 0 saturated carbocycles. The molecule has 2 rings (SSSR count). The van der Waals surface area contributed by atoms with Gasteiger partial charge in [-0.25, -0.2) is 0 Å². The quantitative estimate of drug-likeness (QED) is 0.647. The number of hydrogen-bond acceptors (Lipinski definition) is 1. The van der Waals surface area contributed by atoms with E-state index in [-0.39, 0.29) is 10.9 Å². The second-order valence-corrected chi connectivity index (χ2v) is 7.24. The van der Waals surface area contributed by atoms with Crippen LogP contribution < -0.4 is 0 Å². The summed E-state index contributed by atoms with van der Waals surface area (Å²) in [5.41, 5.74) is 3.72. The summed E-state index contributed by atoms with van der Waals surface area (Å²) in [6.07, 6.45) is 0.567. The lowest BCUT2D eigenvalue weighted by atomic mass is 9.84. The maximum atomic E-state index is 6.44. The standard InChI is InChI=1S/C16H22BrClO/c1-8-6-13(14(18)7-9(8)2)16(17)15-10(3)11(4)19-12(15)5/h6-7,10-12,15-16H,1-5H3. The fourth-order valence-electron chi connectivity index (χ4n) is 3.02. The molecule has 3 heteroatoms. The molecule has 0 N–H and O–H groups in total. The fourth-order valence-corrected chi connectivity index (χ4v) is 4.78. The monoisotopic (exact) mass is 344 g/mol. The summed E-state index contributed by atoms with van der Waals surface area (Å²) in [6, 6.07) is 4.27. The van der Waals surface area contributed by atoms with Gasteiger partial charge in [0.2, 0.25) is 0 Å². The van der Waals surface area contributed by atoms with E-state index in [0.717, 1.165) is 5.02 Å². The molecular weight excluding hydrogens is 324 g/mol. The van der Waals surface area contributed by atoms with Crippen molar-refractivity contribution in [3.05, 3.63) is 33.8 Å². The van der Waals surface area contributed by atoms with E-state index >= 15 is 0 Å². The second-order valence-electron chi connectivity index (χ2n) is 5.84. The zero-order valence-electron chi connectivity index (χ0n) is 12.2.